The van der Waals surface area contributed by atoms with Crippen LogP contribution in [0, 0.1) is 6.92 Å². The van der Waals surface area contributed by atoms with Gasteiger partial charge in [0.25, 0.3) is 0 Å². The van der Waals surface area contributed by atoms with E-state index in [0.29, 0.717) is 0 Å². The third-order valence-corrected chi connectivity index (χ3v) is 5.85. The van der Waals surface area contributed by atoms with Gasteiger partial charge in [0.15, 0.2) is 0 Å². The molecule has 0 radical (unpaired) electrons. The standard InChI is InChI=1S/C26H27N/c1-4-27-21(3)26(18-22-11-7-5-8-12-22,19-23-13-9-6-10-14-23)24-17-20(2)15-16-25(24)27/h5-17H,3-4,18-19H2,1-2H3. The van der Waals surface area contributed by atoms with Crippen molar-refractivity contribution < 1.29 is 0 Å². The number of hydrogen-bond donors (Lipinski definition) is 0. The van der Waals surface area contributed by atoms with Crippen LogP contribution in [0.3, 0.4) is 0 Å². The van der Waals surface area contributed by atoms with Crippen LogP contribution in [-0.4, -0.2) is 6.54 Å². The van der Waals surface area contributed by atoms with Gasteiger partial charge in [0.2, 0.25) is 0 Å². The third kappa shape index (κ3) is 3.08. The van der Waals surface area contributed by atoms with Gasteiger partial charge in [0, 0.05) is 23.3 Å². The molecule has 27 heavy (non-hydrogen) atoms. The van der Waals surface area contributed by atoms with Crippen molar-refractivity contribution in [3.8, 4) is 0 Å². The van der Waals surface area contributed by atoms with Crippen molar-refractivity contribution in [2.45, 2.75) is 32.1 Å². The number of hydrogen-bond acceptors (Lipinski definition) is 1. The summed E-state index contributed by atoms with van der Waals surface area (Å²) in [6.45, 7) is 9.97. The number of benzene rings is 3. The number of rotatable bonds is 5. The summed E-state index contributed by atoms with van der Waals surface area (Å²) in [7, 11) is 0. The highest BCUT2D eigenvalue weighted by atomic mass is 15.2. The number of fused-ring (bicyclic) bond motifs is 1. The maximum atomic E-state index is 4.62. The molecule has 0 bridgehead atoms. The second kappa shape index (κ2) is 7.08. The maximum Gasteiger partial charge on any atom is 0.0450 e. The predicted octanol–water partition coefficient (Wildman–Crippen LogP) is 6.07. The monoisotopic (exact) mass is 353 g/mol. The Kier molecular flexibility index (Phi) is 4.61. The Morgan fingerprint density at radius 1 is 0.815 bits per heavy atom. The highest BCUT2D eigenvalue weighted by Crippen LogP contribution is 2.51. The molecule has 1 nitrogen and oxygen atoms in total. The first-order valence-electron chi connectivity index (χ1n) is 9.80. The smallest absolute Gasteiger partial charge is 0.0450 e. The minimum atomic E-state index is -0.111. The van der Waals surface area contributed by atoms with Crippen LogP contribution in [0.4, 0.5) is 5.69 Å². The van der Waals surface area contributed by atoms with Crippen LogP contribution in [0.2, 0.25) is 0 Å². The van der Waals surface area contributed by atoms with Crippen molar-refractivity contribution in [3.05, 3.63) is 113 Å². The lowest BCUT2D eigenvalue weighted by atomic mass is 9.70. The summed E-state index contributed by atoms with van der Waals surface area (Å²) in [5.74, 6) is 0. The molecule has 0 N–H and O–H groups in total. The molecule has 0 aromatic heterocycles. The third-order valence-electron chi connectivity index (χ3n) is 5.85. The van der Waals surface area contributed by atoms with Crippen LogP contribution in [0.25, 0.3) is 0 Å². The molecule has 4 rings (SSSR count). The van der Waals surface area contributed by atoms with Crippen molar-refractivity contribution in [3.63, 3.8) is 0 Å². The highest BCUT2D eigenvalue weighted by Gasteiger charge is 2.45. The molecule has 1 heteroatoms. The lowest BCUT2D eigenvalue weighted by molar-refractivity contribution is 0.506. The normalized spacial score (nSPS) is 15.0. The van der Waals surface area contributed by atoms with Gasteiger partial charge in [0.05, 0.1) is 0 Å². The van der Waals surface area contributed by atoms with Gasteiger partial charge in [-0.3, -0.25) is 0 Å². The Balaban J connectivity index is 1.89. The molecule has 0 saturated carbocycles. The van der Waals surface area contributed by atoms with Gasteiger partial charge in [-0.15, -0.1) is 0 Å². The van der Waals surface area contributed by atoms with Crippen molar-refractivity contribution in [2.24, 2.45) is 0 Å². The summed E-state index contributed by atoms with van der Waals surface area (Å²) in [5, 5.41) is 0. The summed E-state index contributed by atoms with van der Waals surface area (Å²) < 4.78 is 0. The van der Waals surface area contributed by atoms with Gasteiger partial charge in [0.1, 0.15) is 0 Å². The fourth-order valence-electron chi connectivity index (χ4n) is 4.53. The molecule has 0 fully saturated rings. The van der Waals surface area contributed by atoms with E-state index in [-0.39, 0.29) is 5.41 Å². The molecular weight excluding hydrogens is 326 g/mol. The Hall–Kier alpha value is -2.80. The second-order valence-corrected chi connectivity index (χ2v) is 7.62. The fourth-order valence-corrected chi connectivity index (χ4v) is 4.53. The van der Waals surface area contributed by atoms with Crippen LogP contribution in [0.5, 0.6) is 0 Å². The van der Waals surface area contributed by atoms with E-state index in [4.69, 9.17) is 0 Å². The Labute approximate surface area is 163 Å². The number of anilines is 1. The molecule has 3 aromatic carbocycles. The van der Waals surface area contributed by atoms with E-state index in [1.807, 2.05) is 0 Å². The zero-order valence-corrected chi connectivity index (χ0v) is 16.3. The van der Waals surface area contributed by atoms with Crippen LogP contribution in [0.1, 0.15) is 29.2 Å². The molecule has 3 aromatic rings. The maximum absolute atomic E-state index is 4.62. The number of aryl methyl sites for hydroxylation is 1. The zero-order valence-electron chi connectivity index (χ0n) is 16.3. The summed E-state index contributed by atoms with van der Waals surface area (Å²) >= 11 is 0. The fraction of sp³-hybridized carbons (Fsp3) is 0.231. The highest BCUT2D eigenvalue weighted by molar-refractivity contribution is 5.72. The van der Waals surface area contributed by atoms with Gasteiger partial charge in [-0.2, -0.15) is 0 Å². The van der Waals surface area contributed by atoms with E-state index >= 15 is 0 Å². The molecule has 0 aliphatic carbocycles. The molecule has 1 aliphatic heterocycles. The van der Waals surface area contributed by atoms with Gasteiger partial charge in [-0.1, -0.05) is 84.9 Å². The van der Waals surface area contributed by atoms with E-state index in [1.54, 1.807) is 0 Å². The van der Waals surface area contributed by atoms with Gasteiger partial charge >= 0.3 is 0 Å². The van der Waals surface area contributed by atoms with Crippen LogP contribution in [0.15, 0.2) is 91.1 Å². The minimum Gasteiger partial charge on any atom is -0.345 e. The van der Waals surface area contributed by atoms with Crippen molar-refractivity contribution in [2.75, 3.05) is 11.4 Å². The average Bonchev–Trinajstić information content (AvgIpc) is 2.91. The molecule has 0 spiro atoms. The summed E-state index contributed by atoms with van der Waals surface area (Å²) in [6.07, 6.45) is 1.93. The van der Waals surface area contributed by atoms with E-state index in [0.717, 1.165) is 19.4 Å². The first-order chi connectivity index (χ1) is 13.1. The molecule has 1 aliphatic rings. The molecular formula is C26H27N. The van der Waals surface area contributed by atoms with Crippen molar-refractivity contribution in [1.29, 1.82) is 0 Å². The Bertz CT molecular complexity index is 899. The van der Waals surface area contributed by atoms with Crippen molar-refractivity contribution in [1.82, 2.24) is 0 Å². The van der Waals surface area contributed by atoms with Crippen LogP contribution >= 0.6 is 0 Å². The topological polar surface area (TPSA) is 3.24 Å². The van der Waals surface area contributed by atoms with Crippen LogP contribution in [-0.2, 0) is 18.3 Å². The number of allylic oxidation sites excluding steroid dienone is 1. The second-order valence-electron chi connectivity index (χ2n) is 7.62. The van der Waals surface area contributed by atoms with E-state index < -0.39 is 0 Å². The first kappa shape index (κ1) is 17.6. The summed E-state index contributed by atoms with van der Waals surface area (Å²) in [6, 6.07) is 28.6. The molecule has 136 valence electrons. The quantitative estimate of drug-likeness (QED) is 0.538. The first-order valence-corrected chi connectivity index (χ1v) is 9.80. The van der Waals surface area contributed by atoms with E-state index in [1.165, 1.54) is 33.6 Å². The predicted molar refractivity (Wildman–Crippen MR) is 115 cm³/mol. The largest absolute Gasteiger partial charge is 0.345 e. The number of likely N-dealkylation sites (N-methyl/N-ethyl adjacent to an activating group) is 1. The number of nitrogens with zero attached hydrogens (tertiary/aromatic N) is 1. The molecule has 0 amide bonds. The lowest BCUT2D eigenvalue weighted by Gasteiger charge is -2.33. The molecule has 1 heterocycles. The molecule has 0 atom stereocenters. The average molecular weight is 354 g/mol. The van der Waals surface area contributed by atoms with Gasteiger partial charge < -0.3 is 4.90 Å². The Morgan fingerprint density at radius 3 is 1.89 bits per heavy atom. The summed E-state index contributed by atoms with van der Waals surface area (Å²) in [4.78, 5) is 2.40. The van der Waals surface area contributed by atoms with Gasteiger partial charge in [-0.05, 0) is 49.4 Å². The van der Waals surface area contributed by atoms with Crippen molar-refractivity contribution >= 4 is 5.69 Å². The zero-order chi connectivity index (χ0) is 18.9. The molecule has 0 saturated heterocycles. The van der Waals surface area contributed by atoms with Gasteiger partial charge in [-0.25, -0.2) is 0 Å². The molecule has 0 unspecified atom stereocenters. The minimum absolute atomic E-state index is 0.111. The lowest BCUT2D eigenvalue weighted by Crippen LogP contribution is -2.35. The van der Waals surface area contributed by atoms with E-state index in [2.05, 4.69) is 104 Å². The Morgan fingerprint density at radius 2 is 1.37 bits per heavy atom. The SMILES string of the molecule is C=C1N(CC)c2ccc(C)cc2C1(Cc1ccccc1)Cc1ccccc1. The van der Waals surface area contributed by atoms with Crippen LogP contribution < -0.4 is 4.90 Å². The van der Waals surface area contributed by atoms with E-state index in [9.17, 15) is 0 Å². The summed E-state index contributed by atoms with van der Waals surface area (Å²) in [5.41, 5.74) is 7.88.